The lowest BCUT2D eigenvalue weighted by Crippen LogP contribution is -2.36. The molecule has 0 N–H and O–H groups in total. The molecular formula is C58H68N8O10S4. The monoisotopic (exact) mass is 1160 g/mol. The molecule has 4 atom stereocenters. The Bertz CT molecular complexity index is 3570. The predicted molar refractivity (Wildman–Crippen MR) is 308 cm³/mol. The lowest BCUT2D eigenvalue weighted by atomic mass is 9.89. The first-order chi connectivity index (χ1) is 38.3. The predicted octanol–water partition coefficient (Wildman–Crippen LogP) is 10.4. The first-order valence-electron chi connectivity index (χ1n) is 26.8. The zero-order valence-electron chi connectivity index (χ0n) is 46.8. The maximum Gasteiger partial charge on any atom is 0.306 e. The summed E-state index contributed by atoms with van der Waals surface area (Å²) in [6.45, 7) is 18.4. The smallest absolute Gasteiger partial charge is 0.306 e. The molecular weight excluding hydrogens is 1100 g/mol. The largest absolute Gasteiger partial charge is 0.488 e. The van der Waals surface area contributed by atoms with Gasteiger partial charge in [-0.15, -0.1) is 32.9 Å². The number of para-hydroxylation sites is 2. The second kappa shape index (κ2) is 24.3. The quantitative estimate of drug-likeness (QED) is 0.0825. The summed E-state index contributed by atoms with van der Waals surface area (Å²) in [5, 5.41) is 17.3. The highest BCUT2D eigenvalue weighted by atomic mass is 32.2. The number of methoxy groups -OCH3 is 2. The molecule has 0 bridgehead atoms. The Hall–Kier alpha value is -6.56. The number of sulfonamides is 2. The normalized spacial score (nSPS) is 17.7. The Balaban J connectivity index is 0.000000194. The third-order valence-electron chi connectivity index (χ3n) is 15.2. The molecule has 18 nitrogen and oxygen atoms in total. The van der Waals surface area contributed by atoms with E-state index in [0.717, 1.165) is 75.0 Å². The number of fused-ring (bicyclic) bond motifs is 4. The lowest BCUT2D eigenvalue weighted by molar-refractivity contribution is -0.141. The minimum absolute atomic E-state index is 0.158. The summed E-state index contributed by atoms with van der Waals surface area (Å²) >= 11 is 3.16. The van der Waals surface area contributed by atoms with E-state index >= 15 is 0 Å². The summed E-state index contributed by atoms with van der Waals surface area (Å²) in [7, 11) is -4.77. The van der Waals surface area contributed by atoms with Crippen LogP contribution in [0.1, 0.15) is 118 Å². The minimum Gasteiger partial charge on any atom is -0.488 e. The van der Waals surface area contributed by atoms with Crippen molar-refractivity contribution in [1.29, 1.82) is 0 Å². The van der Waals surface area contributed by atoms with Crippen LogP contribution in [0, 0.1) is 27.7 Å². The van der Waals surface area contributed by atoms with Gasteiger partial charge in [0.1, 0.15) is 44.5 Å². The van der Waals surface area contributed by atoms with Gasteiger partial charge < -0.3 is 18.9 Å². The number of hydrogen-bond acceptors (Lipinski definition) is 16. The van der Waals surface area contributed by atoms with Crippen molar-refractivity contribution in [2.24, 2.45) is 0 Å². The van der Waals surface area contributed by atoms with Gasteiger partial charge in [-0.05, 0) is 136 Å². The van der Waals surface area contributed by atoms with Gasteiger partial charge in [0.05, 0.1) is 51.2 Å². The molecule has 0 aliphatic carbocycles. The van der Waals surface area contributed by atoms with Crippen LogP contribution in [0.25, 0.3) is 22.1 Å². The number of benzene rings is 4. The van der Waals surface area contributed by atoms with Gasteiger partial charge in [-0.3, -0.25) is 9.59 Å². The van der Waals surface area contributed by atoms with E-state index in [-0.39, 0.29) is 84.8 Å². The van der Waals surface area contributed by atoms with Gasteiger partial charge in [-0.2, -0.15) is 8.61 Å². The molecule has 0 fully saturated rings. The van der Waals surface area contributed by atoms with E-state index < -0.39 is 20.0 Å². The van der Waals surface area contributed by atoms with Gasteiger partial charge in [0.15, 0.2) is 0 Å². The van der Waals surface area contributed by atoms with E-state index in [0.29, 0.717) is 37.4 Å². The molecule has 0 unspecified atom stereocenters. The fraction of sp³-hybridized carbons (Fsp3) is 0.414. The van der Waals surface area contributed by atoms with E-state index in [1.54, 1.807) is 71.2 Å². The highest BCUT2D eigenvalue weighted by Gasteiger charge is 2.37. The van der Waals surface area contributed by atoms with Crippen molar-refractivity contribution in [2.75, 3.05) is 27.3 Å². The minimum atomic E-state index is -3.77. The number of nitrogens with zero attached hydrogens (tertiary/aromatic N) is 8. The van der Waals surface area contributed by atoms with E-state index in [1.807, 2.05) is 101 Å². The number of carbonyl (C=O) groups excluding carboxylic acids is 2. The number of aryl methyl sites for hydroxylation is 6. The van der Waals surface area contributed by atoms with Crippen molar-refractivity contribution >= 4 is 76.7 Å². The van der Waals surface area contributed by atoms with Gasteiger partial charge in [-0.25, -0.2) is 26.2 Å². The van der Waals surface area contributed by atoms with Crippen LogP contribution in [0.2, 0.25) is 0 Å². The Morgan fingerprint density at radius 2 is 0.988 bits per heavy atom. The van der Waals surface area contributed by atoms with Crippen molar-refractivity contribution in [1.82, 2.24) is 38.6 Å². The van der Waals surface area contributed by atoms with Crippen LogP contribution in [0.15, 0.2) is 94.7 Å². The molecule has 8 aromatic rings. The summed E-state index contributed by atoms with van der Waals surface area (Å²) in [6.07, 6.45) is 1.17. The number of hydrogen-bond donors (Lipinski definition) is 0. The summed E-state index contributed by atoms with van der Waals surface area (Å²) in [5.41, 5.74) is 9.21. The first-order valence-corrected chi connectivity index (χ1v) is 31.4. The average molecular weight is 1170 g/mol. The van der Waals surface area contributed by atoms with Gasteiger partial charge >= 0.3 is 11.9 Å². The van der Waals surface area contributed by atoms with Crippen molar-refractivity contribution in [2.45, 2.75) is 141 Å². The zero-order valence-corrected chi connectivity index (χ0v) is 50.0. The third-order valence-corrected chi connectivity index (χ3v) is 21.3. The maximum absolute atomic E-state index is 13.7. The molecule has 0 radical (unpaired) electrons. The summed E-state index contributed by atoms with van der Waals surface area (Å²) in [4.78, 5) is 29.4. The highest BCUT2D eigenvalue weighted by molar-refractivity contribution is 7.89. The number of esters is 2. The number of ether oxygens (including phenoxy) is 4. The second-order valence-corrected chi connectivity index (χ2v) is 26.4. The molecule has 0 amide bonds. The van der Waals surface area contributed by atoms with Crippen LogP contribution in [-0.4, -0.2) is 107 Å². The summed E-state index contributed by atoms with van der Waals surface area (Å²) in [6, 6.07) is 25.8. The molecule has 2 aliphatic rings. The maximum atomic E-state index is 13.7. The van der Waals surface area contributed by atoms with E-state index in [4.69, 9.17) is 18.9 Å². The SMILES string of the molecule is CC[C@@H]1CN(Cc2cc([C@H](CC(=O)OC)c3ccc4c(nnn4CC)c3C)sc2C)S(=O)(=O)c2ccccc2O1.CC[C@@H]1CN(Cc2cc([C@H](CC(=O)OC)c3ccc4c(nnn4CC)c3C)sc2C)S(=O)(=O)c2ccccc2O1. The molecule has 2 aliphatic heterocycles. The molecule has 6 heterocycles. The Morgan fingerprint density at radius 3 is 1.35 bits per heavy atom. The van der Waals surface area contributed by atoms with Crippen molar-refractivity contribution < 1.29 is 45.4 Å². The van der Waals surface area contributed by atoms with E-state index in [9.17, 15) is 26.4 Å². The molecule has 0 saturated heterocycles. The van der Waals surface area contributed by atoms with Crippen molar-refractivity contribution in [3.8, 4) is 11.5 Å². The van der Waals surface area contributed by atoms with Gasteiger partial charge in [0, 0.05) is 57.5 Å². The molecule has 0 saturated carbocycles. The van der Waals surface area contributed by atoms with Crippen molar-refractivity contribution in [3.05, 3.63) is 138 Å². The number of thiophene rings is 2. The molecule has 424 valence electrons. The van der Waals surface area contributed by atoms with Gasteiger partial charge in [-0.1, -0.05) is 60.7 Å². The molecule has 10 rings (SSSR count). The average Bonchev–Trinajstić information content (AvgIpc) is 4.33. The summed E-state index contributed by atoms with van der Waals surface area (Å²) in [5.74, 6) is -0.386. The topological polar surface area (TPSA) is 207 Å². The van der Waals surface area contributed by atoms with Crippen molar-refractivity contribution in [3.63, 3.8) is 0 Å². The molecule has 22 heteroatoms. The van der Waals surface area contributed by atoms with Crippen LogP contribution >= 0.6 is 22.7 Å². The van der Waals surface area contributed by atoms with Crippen LogP contribution in [0.4, 0.5) is 0 Å². The van der Waals surface area contributed by atoms with Gasteiger partial charge in [0.2, 0.25) is 20.0 Å². The molecule has 4 aromatic carbocycles. The van der Waals surface area contributed by atoms with Crippen LogP contribution in [0.3, 0.4) is 0 Å². The molecule has 4 aromatic heterocycles. The molecule has 0 spiro atoms. The van der Waals surface area contributed by atoms with Crippen LogP contribution in [-0.2, 0) is 65.3 Å². The number of aromatic nitrogens is 6. The zero-order chi connectivity index (χ0) is 57.2. The second-order valence-electron chi connectivity index (χ2n) is 20.0. The Labute approximate surface area is 475 Å². The van der Waals surface area contributed by atoms with E-state index in [1.165, 1.54) is 22.8 Å². The summed E-state index contributed by atoms with van der Waals surface area (Å²) < 4.78 is 83.9. The Kier molecular flexibility index (Phi) is 17.6. The molecule has 80 heavy (non-hydrogen) atoms. The fourth-order valence-electron chi connectivity index (χ4n) is 10.6. The number of rotatable bonds is 16. The van der Waals surface area contributed by atoms with E-state index in [2.05, 4.69) is 20.6 Å². The van der Waals surface area contributed by atoms with Gasteiger partial charge in [0.25, 0.3) is 0 Å². The standard InChI is InChI=1S/2C29H34N4O5S2/c2*1-6-21-17-32(40(35,36)27-11-9-8-10-25(27)38-21)16-20-14-26(39-19(20)4)23(15-28(34)37-5)22-12-13-24-29(18(22)3)30-31-33(24)7-2/h2*8-14,21,23H,6-7,15-17H2,1-5H3/t2*21-,23-/m11/s1. The van der Waals surface area contributed by atoms with Crippen LogP contribution in [0.5, 0.6) is 11.5 Å². The number of carbonyl (C=O) groups is 2. The third kappa shape index (κ3) is 11.5. The highest BCUT2D eigenvalue weighted by Crippen LogP contribution is 2.42. The first kappa shape index (κ1) is 58.1. The Morgan fingerprint density at radius 1 is 0.600 bits per heavy atom. The lowest BCUT2D eigenvalue weighted by Gasteiger charge is -2.22. The fourth-order valence-corrected chi connectivity index (χ4v) is 16.0. The van der Waals surface area contributed by atoms with Crippen LogP contribution < -0.4 is 9.47 Å².